The molecule has 1 saturated carbocycles. The summed E-state index contributed by atoms with van der Waals surface area (Å²) in [6.45, 7) is 4.12. The number of piperidine rings is 1. The fourth-order valence-electron chi connectivity index (χ4n) is 4.77. The number of halogens is 1. The minimum absolute atomic E-state index is 0.0132. The molecule has 1 N–H and O–H groups in total. The number of H-pyrrole nitrogens is 1. The standard InChI is InChI=1S/C20H28ClN3O2/c1-13-11-19-18(12-17(13)21)22-20(25)24(19)15-7-9-23(10-8-15)14-3-5-16(26-2)6-4-14/h11-12,14-16H,3-10H2,1-2H3,(H,22,25)/t14-,16-. The molecule has 6 heteroatoms. The van der Waals surface area contributed by atoms with Crippen LogP contribution in [0.4, 0.5) is 0 Å². The lowest BCUT2D eigenvalue weighted by molar-refractivity contribution is 0.0296. The lowest BCUT2D eigenvalue weighted by Gasteiger charge is -2.40. The van der Waals surface area contributed by atoms with E-state index < -0.39 is 0 Å². The number of rotatable bonds is 3. The first-order valence-electron chi connectivity index (χ1n) is 9.74. The van der Waals surface area contributed by atoms with Gasteiger partial charge in [0, 0.05) is 37.3 Å². The number of methoxy groups -OCH3 is 1. The molecular weight excluding hydrogens is 350 g/mol. The third kappa shape index (κ3) is 3.32. The zero-order valence-corrected chi connectivity index (χ0v) is 16.4. The third-order valence-electron chi connectivity index (χ3n) is 6.35. The number of aromatic amines is 1. The lowest BCUT2D eigenvalue weighted by atomic mass is 9.90. The molecule has 0 atom stereocenters. The Morgan fingerprint density at radius 2 is 1.77 bits per heavy atom. The highest BCUT2D eigenvalue weighted by Gasteiger charge is 2.30. The molecule has 0 amide bonds. The van der Waals surface area contributed by atoms with Crippen molar-refractivity contribution in [2.75, 3.05) is 20.2 Å². The third-order valence-corrected chi connectivity index (χ3v) is 6.76. The summed E-state index contributed by atoms with van der Waals surface area (Å²) in [5.41, 5.74) is 2.82. The fourth-order valence-corrected chi connectivity index (χ4v) is 4.93. The molecule has 1 aromatic carbocycles. The van der Waals surface area contributed by atoms with Crippen molar-refractivity contribution in [3.8, 4) is 0 Å². The summed E-state index contributed by atoms with van der Waals surface area (Å²) in [7, 11) is 1.82. The predicted molar refractivity (Wildman–Crippen MR) is 105 cm³/mol. The van der Waals surface area contributed by atoms with E-state index in [1.54, 1.807) is 0 Å². The monoisotopic (exact) mass is 377 g/mol. The van der Waals surface area contributed by atoms with Crippen LogP contribution in [0.25, 0.3) is 11.0 Å². The van der Waals surface area contributed by atoms with Gasteiger partial charge >= 0.3 is 5.69 Å². The Hall–Kier alpha value is -1.30. The maximum Gasteiger partial charge on any atom is 0.326 e. The average molecular weight is 378 g/mol. The van der Waals surface area contributed by atoms with E-state index in [4.69, 9.17) is 16.3 Å². The molecule has 1 saturated heterocycles. The van der Waals surface area contributed by atoms with Crippen LogP contribution in [0.5, 0.6) is 0 Å². The zero-order valence-electron chi connectivity index (χ0n) is 15.6. The van der Waals surface area contributed by atoms with Crippen molar-refractivity contribution in [2.24, 2.45) is 0 Å². The first-order chi connectivity index (χ1) is 12.6. The van der Waals surface area contributed by atoms with Gasteiger partial charge in [-0.1, -0.05) is 11.6 Å². The van der Waals surface area contributed by atoms with Crippen LogP contribution in [0.3, 0.4) is 0 Å². The van der Waals surface area contributed by atoms with E-state index in [0.29, 0.717) is 17.2 Å². The number of likely N-dealkylation sites (tertiary alicyclic amines) is 1. The zero-order chi connectivity index (χ0) is 18.3. The number of ether oxygens (including phenoxy) is 1. The quantitative estimate of drug-likeness (QED) is 0.882. The van der Waals surface area contributed by atoms with Gasteiger partial charge in [0.05, 0.1) is 17.1 Å². The molecule has 1 aromatic heterocycles. The summed E-state index contributed by atoms with van der Waals surface area (Å²) in [5, 5.41) is 0.701. The second-order valence-corrected chi connectivity index (χ2v) is 8.26. The molecule has 4 rings (SSSR count). The Kier molecular flexibility index (Phi) is 5.13. The highest BCUT2D eigenvalue weighted by Crippen LogP contribution is 2.31. The van der Waals surface area contributed by atoms with Crippen molar-refractivity contribution in [3.05, 3.63) is 33.2 Å². The molecular formula is C20H28ClN3O2. The largest absolute Gasteiger partial charge is 0.381 e. The van der Waals surface area contributed by atoms with Gasteiger partial charge in [0.25, 0.3) is 0 Å². The van der Waals surface area contributed by atoms with E-state index in [2.05, 4.69) is 9.88 Å². The molecule has 2 aromatic rings. The van der Waals surface area contributed by atoms with E-state index in [1.165, 1.54) is 25.7 Å². The summed E-state index contributed by atoms with van der Waals surface area (Å²) in [4.78, 5) is 18.2. The molecule has 0 bridgehead atoms. The molecule has 2 heterocycles. The van der Waals surface area contributed by atoms with Gasteiger partial charge < -0.3 is 14.6 Å². The van der Waals surface area contributed by atoms with E-state index in [1.807, 2.05) is 30.7 Å². The van der Waals surface area contributed by atoms with Crippen LogP contribution in [0.15, 0.2) is 16.9 Å². The van der Waals surface area contributed by atoms with E-state index in [0.717, 1.165) is 42.5 Å². The molecule has 1 aliphatic carbocycles. The van der Waals surface area contributed by atoms with Gasteiger partial charge in [-0.25, -0.2) is 4.79 Å². The highest BCUT2D eigenvalue weighted by molar-refractivity contribution is 6.32. The maximum atomic E-state index is 12.5. The molecule has 0 unspecified atom stereocenters. The molecule has 2 aliphatic rings. The first kappa shape index (κ1) is 18.1. The number of nitrogens with zero attached hydrogens (tertiary/aromatic N) is 2. The van der Waals surface area contributed by atoms with Crippen molar-refractivity contribution in [2.45, 2.75) is 63.6 Å². The minimum Gasteiger partial charge on any atom is -0.381 e. The van der Waals surface area contributed by atoms with Gasteiger partial charge in [0.2, 0.25) is 0 Å². The molecule has 0 spiro atoms. The number of fused-ring (bicyclic) bond motifs is 1. The summed E-state index contributed by atoms with van der Waals surface area (Å²) in [6.07, 6.45) is 7.30. The number of hydrogen-bond donors (Lipinski definition) is 1. The Balaban J connectivity index is 1.47. The van der Waals surface area contributed by atoms with Crippen LogP contribution in [0.2, 0.25) is 5.02 Å². The van der Waals surface area contributed by atoms with E-state index in [9.17, 15) is 4.79 Å². The van der Waals surface area contributed by atoms with Crippen LogP contribution < -0.4 is 5.69 Å². The van der Waals surface area contributed by atoms with Crippen LogP contribution >= 0.6 is 11.6 Å². The molecule has 5 nitrogen and oxygen atoms in total. The lowest BCUT2D eigenvalue weighted by Crippen LogP contribution is -2.45. The SMILES string of the molecule is CO[C@H]1CC[C@H](N2CCC(n3c(=O)[nH]c4cc(Cl)c(C)cc43)CC2)CC1. The first-order valence-corrected chi connectivity index (χ1v) is 10.1. The van der Waals surface area contributed by atoms with E-state index in [-0.39, 0.29) is 11.7 Å². The van der Waals surface area contributed by atoms with Gasteiger partial charge in [-0.15, -0.1) is 0 Å². The van der Waals surface area contributed by atoms with Crippen molar-refractivity contribution in [1.82, 2.24) is 14.5 Å². The Labute approximate surface area is 159 Å². The minimum atomic E-state index is -0.0132. The van der Waals surface area contributed by atoms with E-state index >= 15 is 0 Å². The molecule has 2 fully saturated rings. The second kappa shape index (κ2) is 7.37. The molecule has 26 heavy (non-hydrogen) atoms. The van der Waals surface area contributed by atoms with Crippen molar-refractivity contribution in [3.63, 3.8) is 0 Å². The van der Waals surface area contributed by atoms with Crippen LogP contribution in [0.1, 0.15) is 50.1 Å². The highest BCUT2D eigenvalue weighted by atomic mass is 35.5. The summed E-state index contributed by atoms with van der Waals surface area (Å²) in [6, 6.07) is 4.85. The van der Waals surface area contributed by atoms with Crippen LogP contribution in [0, 0.1) is 6.92 Å². The van der Waals surface area contributed by atoms with Crippen molar-refractivity contribution < 1.29 is 4.74 Å². The number of aromatic nitrogens is 2. The number of imidazole rings is 1. The topological polar surface area (TPSA) is 50.3 Å². The van der Waals surface area contributed by atoms with Gasteiger partial charge in [-0.05, 0) is 63.1 Å². The predicted octanol–water partition coefficient (Wildman–Crippen LogP) is 3.89. The van der Waals surface area contributed by atoms with Crippen LogP contribution in [-0.4, -0.2) is 46.8 Å². The van der Waals surface area contributed by atoms with Gasteiger partial charge in [-0.2, -0.15) is 0 Å². The number of nitrogens with one attached hydrogen (secondary N) is 1. The Morgan fingerprint density at radius 3 is 2.42 bits per heavy atom. The van der Waals surface area contributed by atoms with Crippen molar-refractivity contribution >= 4 is 22.6 Å². The van der Waals surface area contributed by atoms with Gasteiger partial charge in [-0.3, -0.25) is 4.57 Å². The Bertz CT molecular complexity index is 827. The summed E-state index contributed by atoms with van der Waals surface area (Å²) >= 11 is 6.21. The van der Waals surface area contributed by atoms with Gasteiger partial charge in [0.15, 0.2) is 0 Å². The average Bonchev–Trinajstić information content (AvgIpc) is 2.97. The normalized spacial score (nSPS) is 25.8. The Morgan fingerprint density at radius 1 is 1.08 bits per heavy atom. The fraction of sp³-hybridized carbons (Fsp3) is 0.650. The number of aryl methyl sites for hydroxylation is 1. The molecule has 142 valence electrons. The number of benzene rings is 1. The maximum absolute atomic E-state index is 12.5. The summed E-state index contributed by atoms with van der Waals surface area (Å²) < 4.78 is 7.45. The number of hydrogen-bond acceptors (Lipinski definition) is 3. The summed E-state index contributed by atoms with van der Waals surface area (Å²) in [5.74, 6) is 0. The molecule has 1 aliphatic heterocycles. The smallest absolute Gasteiger partial charge is 0.326 e. The van der Waals surface area contributed by atoms with Crippen molar-refractivity contribution in [1.29, 1.82) is 0 Å². The van der Waals surface area contributed by atoms with Crippen LogP contribution in [-0.2, 0) is 4.74 Å². The molecule has 0 radical (unpaired) electrons. The van der Waals surface area contributed by atoms with Gasteiger partial charge in [0.1, 0.15) is 0 Å². The second-order valence-electron chi connectivity index (χ2n) is 7.85.